The number of hydrogen-bond donors (Lipinski definition) is 3. The van der Waals surface area contributed by atoms with Gasteiger partial charge in [-0.3, -0.25) is 0 Å². The molecule has 0 bridgehead atoms. The molecule has 3 N–H and O–H groups in total. The second-order valence-electron chi connectivity index (χ2n) is 6.62. The molecule has 0 aliphatic rings. The molecular weight excluding hydrogens is 400 g/mol. The first kappa shape index (κ1) is 21.4. The molecule has 1 aromatic heterocycles. The third-order valence-electron chi connectivity index (χ3n) is 4.41. The minimum Gasteiger partial charge on any atom is -0.357 e. The van der Waals surface area contributed by atoms with E-state index in [4.69, 9.17) is 11.6 Å². The number of anilines is 5. The molecule has 8 heteroatoms. The largest absolute Gasteiger partial charge is 0.357 e. The first-order valence-corrected chi connectivity index (χ1v) is 10.2. The SMILES string of the molecule is CCN(CC)c1cc(Nc2ccc(NC(=O)Nc3cccc(Cl)c3)cc2)nc(C)n1. The Morgan fingerprint density at radius 1 is 0.933 bits per heavy atom. The van der Waals surface area contributed by atoms with Crippen LogP contribution in [0.2, 0.25) is 5.02 Å². The van der Waals surface area contributed by atoms with E-state index in [1.807, 2.05) is 37.3 Å². The Morgan fingerprint density at radius 3 is 2.27 bits per heavy atom. The summed E-state index contributed by atoms with van der Waals surface area (Å²) in [6.07, 6.45) is 0. The van der Waals surface area contributed by atoms with Crippen LogP contribution in [0.4, 0.5) is 33.5 Å². The summed E-state index contributed by atoms with van der Waals surface area (Å²) in [6, 6.07) is 16.0. The van der Waals surface area contributed by atoms with Gasteiger partial charge in [0.25, 0.3) is 0 Å². The summed E-state index contributed by atoms with van der Waals surface area (Å²) >= 11 is 5.94. The number of aromatic nitrogens is 2. The Hall–Kier alpha value is -3.32. The standard InChI is InChI=1S/C22H25ClN6O/c1-4-29(5-2)21-14-20(24-15(3)25-21)26-17-9-11-18(12-10-17)27-22(30)28-19-8-6-7-16(23)13-19/h6-14H,4-5H2,1-3H3,(H,24,25,26)(H2,27,28,30). The third kappa shape index (κ3) is 5.84. The van der Waals surface area contributed by atoms with E-state index in [2.05, 4.69) is 44.7 Å². The molecule has 0 fully saturated rings. The molecule has 2 amide bonds. The van der Waals surface area contributed by atoms with Gasteiger partial charge in [-0.05, 0) is 63.2 Å². The van der Waals surface area contributed by atoms with Crippen LogP contribution in [0, 0.1) is 6.92 Å². The van der Waals surface area contributed by atoms with Crippen LogP contribution in [-0.2, 0) is 0 Å². The van der Waals surface area contributed by atoms with Gasteiger partial charge in [0.1, 0.15) is 17.5 Å². The molecule has 7 nitrogen and oxygen atoms in total. The van der Waals surface area contributed by atoms with Crippen molar-refractivity contribution in [3.8, 4) is 0 Å². The maximum atomic E-state index is 12.2. The van der Waals surface area contributed by atoms with E-state index >= 15 is 0 Å². The number of hydrogen-bond acceptors (Lipinski definition) is 5. The minimum absolute atomic E-state index is 0.340. The van der Waals surface area contributed by atoms with Gasteiger partial charge in [0, 0.05) is 41.2 Å². The number of rotatable bonds is 7. The van der Waals surface area contributed by atoms with Gasteiger partial charge in [0.15, 0.2) is 0 Å². The third-order valence-corrected chi connectivity index (χ3v) is 4.64. The summed E-state index contributed by atoms with van der Waals surface area (Å²) in [6.45, 7) is 7.84. The molecule has 0 unspecified atom stereocenters. The zero-order valence-corrected chi connectivity index (χ0v) is 18.0. The molecule has 0 aliphatic carbocycles. The van der Waals surface area contributed by atoms with Crippen LogP contribution in [0.1, 0.15) is 19.7 Å². The molecule has 0 saturated heterocycles. The van der Waals surface area contributed by atoms with Gasteiger partial charge in [-0.15, -0.1) is 0 Å². The predicted octanol–water partition coefficient (Wildman–Crippen LogP) is 5.67. The van der Waals surface area contributed by atoms with Crippen LogP contribution in [0.15, 0.2) is 54.6 Å². The fraction of sp³-hybridized carbons (Fsp3) is 0.227. The Kier molecular flexibility index (Phi) is 7.08. The monoisotopic (exact) mass is 424 g/mol. The van der Waals surface area contributed by atoms with E-state index in [0.29, 0.717) is 22.2 Å². The van der Waals surface area contributed by atoms with E-state index in [-0.39, 0.29) is 6.03 Å². The number of nitrogens with one attached hydrogen (secondary N) is 3. The molecule has 0 spiro atoms. The summed E-state index contributed by atoms with van der Waals surface area (Å²) < 4.78 is 0. The second-order valence-corrected chi connectivity index (χ2v) is 7.06. The maximum absolute atomic E-state index is 12.2. The van der Waals surface area contributed by atoms with Crippen molar-refractivity contribution in [1.29, 1.82) is 0 Å². The molecule has 0 radical (unpaired) electrons. The molecule has 156 valence electrons. The number of amides is 2. The summed E-state index contributed by atoms with van der Waals surface area (Å²) in [5, 5.41) is 9.40. The molecule has 2 aromatic carbocycles. The summed E-state index contributed by atoms with van der Waals surface area (Å²) in [5.41, 5.74) is 2.16. The van der Waals surface area contributed by atoms with Crippen molar-refractivity contribution < 1.29 is 4.79 Å². The van der Waals surface area contributed by atoms with Gasteiger partial charge in [0.05, 0.1) is 0 Å². The summed E-state index contributed by atoms with van der Waals surface area (Å²) in [4.78, 5) is 23.3. The van der Waals surface area contributed by atoms with Crippen LogP contribution >= 0.6 is 11.6 Å². The molecule has 1 heterocycles. The average Bonchev–Trinajstić information content (AvgIpc) is 2.70. The lowest BCUT2D eigenvalue weighted by Gasteiger charge is -2.20. The van der Waals surface area contributed by atoms with Crippen LogP contribution in [0.3, 0.4) is 0 Å². The smallest absolute Gasteiger partial charge is 0.323 e. The lowest BCUT2D eigenvalue weighted by Crippen LogP contribution is -2.23. The van der Waals surface area contributed by atoms with Crippen molar-refractivity contribution in [2.75, 3.05) is 33.9 Å². The lowest BCUT2D eigenvalue weighted by molar-refractivity contribution is 0.262. The maximum Gasteiger partial charge on any atom is 0.323 e. The second kappa shape index (κ2) is 9.93. The van der Waals surface area contributed by atoms with Gasteiger partial charge >= 0.3 is 6.03 Å². The molecular formula is C22H25ClN6O. The summed E-state index contributed by atoms with van der Waals surface area (Å²) in [5.74, 6) is 2.33. The highest BCUT2D eigenvalue weighted by Crippen LogP contribution is 2.21. The van der Waals surface area contributed by atoms with Crippen LogP contribution in [0.25, 0.3) is 0 Å². The van der Waals surface area contributed by atoms with Crippen LogP contribution in [0.5, 0.6) is 0 Å². The number of halogens is 1. The van der Waals surface area contributed by atoms with E-state index in [9.17, 15) is 4.79 Å². The fourth-order valence-corrected chi connectivity index (χ4v) is 3.16. The highest BCUT2D eigenvalue weighted by Gasteiger charge is 2.08. The molecule has 0 saturated carbocycles. The predicted molar refractivity (Wildman–Crippen MR) is 124 cm³/mol. The van der Waals surface area contributed by atoms with Crippen LogP contribution in [-0.4, -0.2) is 29.1 Å². The number of urea groups is 1. The van der Waals surface area contributed by atoms with Gasteiger partial charge in [-0.2, -0.15) is 0 Å². The number of carbonyl (C=O) groups excluding carboxylic acids is 1. The van der Waals surface area contributed by atoms with Gasteiger partial charge in [-0.1, -0.05) is 17.7 Å². The molecule has 0 atom stereocenters. The van der Waals surface area contributed by atoms with Crippen molar-refractivity contribution >= 4 is 46.3 Å². The molecule has 3 rings (SSSR count). The van der Waals surface area contributed by atoms with E-state index < -0.39 is 0 Å². The number of nitrogens with zero attached hydrogens (tertiary/aromatic N) is 3. The average molecular weight is 425 g/mol. The van der Waals surface area contributed by atoms with Gasteiger partial charge < -0.3 is 20.9 Å². The van der Waals surface area contributed by atoms with Crippen molar-refractivity contribution in [1.82, 2.24) is 9.97 Å². The number of benzene rings is 2. The van der Waals surface area contributed by atoms with E-state index in [1.165, 1.54) is 0 Å². The summed E-state index contributed by atoms with van der Waals surface area (Å²) in [7, 11) is 0. The zero-order valence-electron chi connectivity index (χ0n) is 17.2. The van der Waals surface area contributed by atoms with Crippen LogP contribution < -0.4 is 20.9 Å². The van der Waals surface area contributed by atoms with Crippen molar-refractivity contribution in [2.45, 2.75) is 20.8 Å². The van der Waals surface area contributed by atoms with E-state index in [1.54, 1.807) is 24.3 Å². The first-order valence-electron chi connectivity index (χ1n) is 9.78. The zero-order chi connectivity index (χ0) is 21.5. The van der Waals surface area contributed by atoms with Crippen molar-refractivity contribution in [3.63, 3.8) is 0 Å². The highest BCUT2D eigenvalue weighted by atomic mass is 35.5. The topological polar surface area (TPSA) is 82.2 Å². The van der Waals surface area contributed by atoms with Crippen molar-refractivity contribution in [2.24, 2.45) is 0 Å². The lowest BCUT2D eigenvalue weighted by atomic mass is 10.2. The van der Waals surface area contributed by atoms with Crippen molar-refractivity contribution in [3.05, 3.63) is 65.4 Å². The normalized spacial score (nSPS) is 10.4. The molecule has 3 aromatic rings. The number of carbonyl (C=O) groups is 1. The Bertz CT molecular complexity index is 1000. The Labute approximate surface area is 181 Å². The van der Waals surface area contributed by atoms with Gasteiger partial charge in [0.2, 0.25) is 0 Å². The fourth-order valence-electron chi connectivity index (χ4n) is 2.97. The molecule has 0 aliphatic heterocycles. The first-order chi connectivity index (χ1) is 14.5. The highest BCUT2D eigenvalue weighted by molar-refractivity contribution is 6.30. The minimum atomic E-state index is -0.340. The quantitative estimate of drug-likeness (QED) is 0.455. The van der Waals surface area contributed by atoms with E-state index in [0.717, 1.165) is 30.4 Å². The molecule has 30 heavy (non-hydrogen) atoms. The Balaban J connectivity index is 1.64. The Morgan fingerprint density at radius 2 is 1.60 bits per heavy atom. The van der Waals surface area contributed by atoms with Gasteiger partial charge in [-0.25, -0.2) is 14.8 Å². The number of aryl methyl sites for hydroxylation is 1.